The zero-order valence-electron chi connectivity index (χ0n) is 51.7. The molecular formula is C79H81NO9S2. The lowest BCUT2D eigenvalue weighted by Crippen LogP contribution is -2.79. The number of aromatic hydroxyl groups is 3. The van der Waals surface area contributed by atoms with E-state index >= 15 is 9.90 Å². The van der Waals surface area contributed by atoms with Crippen LogP contribution in [-0.4, -0.2) is 90.5 Å². The maximum atomic E-state index is 17.7. The third-order valence-corrected chi connectivity index (χ3v) is 30.5. The highest BCUT2D eigenvalue weighted by Crippen LogP contribution is 2.83. The zero-order chi connectivity index (χ0) is 61.4. The van der Waals surface area contributed by atoms with E-state index in [1.165, 1.54) is 23.8 Å². The van der Waals surface area contributed by atoms with E-state index in [0.717, 1.165) is 127 Å². The molecule has 4 saturated carbocycles. The van der Waals surface area contributed by atoms with Gasteiger partial charge in [0.2, 0.25) is 0 Å². The van der Waals surface area contributed by atoms with E-state index < -0.39 is 88.1 Å². The van der Waals surface area contributed by atoms with E-state index in [1.54, 1.807) is 12.1 Å². The first-order valence-corrected chi connectivity index (χ1v) is 37.0. The number of aliphatic hydroxyl groups is 4. The molecule has 21 atom stereocenters. The van der Waals surface area contributed by atoms with Gasteiger partial charge in [0.1, 0.15) is 11.2 Å². The molecule has 0 unspecified atom stereocenters. The van der Waals surface area contributed by atoms with Gasteiger partial charge in [-0.2, -0.15) is 0 Å². The Labute approximate surface area is 541 Å². The molecule has 4 aromatic rings. The standard InChI is InChI=1S/C79H81NO9S2/c1-89-67-32-50(43(36-81)25-65(67)85)49-29-66(86)70-47-16-21-76-19-9-13-61-48(15-14-41(49)22-40-10-4-2-5-11-40)72(73(70)87)79-59-33-64(84)63(83)31-54(59)56-34-68(79)78-39-77(56)20-8-12-45(77)27-57(78)52-30-62(82)60-28-51(52)55(58(78)35-69(79)80-61)38-91-90-37-44(74(76)88)23-42-24-46(26-53(47)71(42)76)75(60)17-6-3-7-18-75/h2,4-5,10-11,16,21,24-28,31-33,41,44-45,47-49,52,56,58,61-62,68-70,72-74,80-85,87-88H,3,6-8,12-13,17-18,20,22-23,29-30,34-39H2,1H3/t41-,44-,45+,47-,48-,49-,52+,56+,58+,61-,62+,68+,69+,70-,72+,73+,74-,76+,77+,78-,79+/m1/s1. The number of hydrogen-bond acceptors (Lipinski definition) is 12. The average Bonchev–Trinajstić information content (AvgIpc) is 1.37. The fraction of sp³-hybridized carbons (Fsp3) is 0.532. The number of rotatable bonds is 5. The van der Waals surface area contributed by atoms with Crippen LogP contribution in [0.1, 0.15) is 158 Å². The van der Waals surface area contributed by atoms with Crippen LogP contribution in [-0.2, 0) is 40.5 Å². The number of hydrogen-bond donors (Lipinski definition) is 8. The van der Waals surface area contributed by atoms with Gasteiger partial charge in [-0.1, -0.05) is 143 Å². The molecule has 0 radical (unpaired) electrons. The molecule has 4 aromatic carbocycles. The highest BCUT2D eigenvalue weighted by molar-refractivity contribution is 8.76. The van der Waals surface area contributed by atoms with Crippen molar-refractivity contribution in [1.29, 1.82) is 0 Å². The zero-order valence-corrected chi connectivity index (χ0v) is 53.3. The monoisotopic (exact) mass is 1250 g/mol. The van der Waals surface area contributed by atoms with Crippen LogP contribution in [0.5, 0.6) is 23.0 Å². The number of phenolic OH excluding ortho intramolecular Hbond substituents is 3. The van der Waals surface area contributed by atoms with Crippen molar-refractivity contribution in [1.82, 2.24) is 5.32 Å². The van der Waals surface area contributed by atoms with Gasteiger partial charge >= 0.3 is 0 Å². The molecule has 1 saturated heterocycles. The summed E-state index contributed by atoms with van der Waals surface area (Å²) in [6.07, 6.45) is 19.5. The van der Waals surface area contributed by atoms with E-state index in [2.05, 4.69) is 77.6 Å². The van der Waals surface area contributed by atoms with Crippen molar-refractivity contribution in [2.24, 2.45) is 64.1 Å². The lowest BCUT2D eigenvalue weighted by atomic mass is 9.27. The second kappa shape index (κ2) is 19.9. The summed E-state index contributed by atoms with van der Waals surface area (Å²) in [6.45, 7) is -0.404. The molecule has 2 heterocycles. The van der Waals surface area contributed by atoms with Gasteiger partial charge < -0.3 is 45.8 Å². The Balaban J connectivity index is 0.988. The number of carbonyl (C=O) groups is 1. The van der Waals surface area contributed by atoms with Crippen molar-refractivity contribution in [3.63, 3.8) is 0 Å². The quantitative estimate of drug-likeness (QED) is 0.0411. The predicted molar refractivity (Wildman–Crippen MR) is 351 cm³/mol. The molecule has 15 aliphatic rings. The number of carbonyl (C=O) groups excluding carboxylic acids is 1. The number of phenols is 3. The Hall–Kier alpha value is -5.67. The van der Waals surface area contributed by atoms with Gasteiger partial charge in [0.25, 0.3) is 0 Å². The minimum absolute atomic E-state index is 0.0276. The Morgan fingerprint density at radius 2 is 1.68 bits per heavy atom. The molecular weight excluding hydrogens is 1170 g/mol. The summed E-state index contributed by atoms with van der Waals surface area (Å²) in [5.74, 6) is 13.1. The summed E-state index contributed by atoms with van der Waals surface area (Å²) < 4.78 is 5.87. The summed E-state index contributed by atoms with van der Waals surface area (Å²) in [5.41, 5.74) is 10.8. The highest BCUT2D eigenvalue weighted by atomic mass is 33.1. The molecule has 5 fully saturated rings. The first kappa shape index (κ1) is 56.8. The second-order valence-corrected chi connectivity index (χ2v) is 33.5. The number of fused-ring (bicyclic) bond motifs is 10. The van der Waals surface area contributed by atoms with Crippen molar-refractivity contribution >= 4 is 27.4 Å². The SMILES string of the molecule is COc1cc([C@@H]2CC(=O)[C@@H]3[C@H](O)[C@@H]4[C@H](C#C[C@@H]2Cc2ccccc2)[C@H]2CC#C[C@]56C=C[C@@H]3c3cc7cc(c35)C[C@H](CSSCC3=C5C=C([C@@H](O)C[C@@H]5C5=C[C@@H]8CCC[C@]89C[C@]58[C@H]3C[C@H](N2)[C@@]42c3cc(O)c(O)cc3[C@@H]9C[C@@H]82)C72CCCCC2)[C@H]6O)c(CO)cc1O. The van der Waals surface area contributed by atoms with Crippen LogP contribution in [0.4, 0.5) is 0 Å². The molecule has 12 heteroatoms. The van der Waals surface area contributed by atoms with Gasteiger partial charge in [-0.25, -0.2) is 0 Å². The maximum absolute atomic E-state index is 17.7. The first-order valence-electron chi connectivity index (χ1n) is 34.5. The van der Waals surface area contributed by atoms with Crippen LogP contribution in [0.25, 0.3) is 0 Å². The molecule has 91 heavy (non-hydrogen) atoms. The Kier molecular flexibility index (Phi) is 12.5. The Bertz CT molecular complexity index is 4120. The number of Topliss-reactive ketones (excluding diaryl/α,β-unsaturated/α-hetero) is 1. The Morgan fingerprint density at radius 3 is 2.52 bits per heavy atom. The number of ether oxygens (including phenoxy) is 1. The summed E-state index contributed by atoms with van der Waals surface area (Å²) in [7, 11) is 5.37. The molecule has 15 bridgehead atoms. The minimum atomic E-state index is -1.33. The number of aliphatic hydroxyl groups excluding tert-OH is 4. The van der Waals surface area contributed by atoms with Crippen molar-refractivity contribution in [3.8, 4) is 46.7 Å². The van der Waals surface area contributed by atoms with Crippen LogP contribution in [0.15, 0.2) is 113 Å². The molecule has 2 aliphatic heterocycles. The van der Waals surface area contributed by atoms with Crippen LogP contribution in [0.3, 0.4) is 0 Å². The second-order valence-electron chi connectivity index (χ2n) is 31.0. The number of piperidine rings is 1. The summed E-state index contributed by atoms with van der Waals surface area (Å²) in [5, 5.41) is 94.7. The van der Waals surface area contributed by atoms with E-state index in [1.807, 2.05) is 51.9 Å². The number of ketones is 1. The molecule has 5 spiro atoms. The van der Waals surface area contributed by atoms with Gasteiger partial charge in [-0.3, -0.25) is 4.79 Å². The number of benzene rings is 4. The van der Waals surface area contributed by atoms with Crippen molar-refractivity contribution < 1.29 is 45.3 Å². The molecule has 10 nitrogen and oxygen atoms in total. The van der Waals surface area contributed by atoms with E-state index in [-0.39, 0.29) is 76.2 Å². The number of nitrogens with one attached hydrogen (secondary N) is 1. The first-order chi connectivity index (χ1) is 44.3. The number of methoxy groups -OCH3 is 1. The van der Waals surface area contributed by atoms with Crippen LogP contribution in [0.2, 0.25) is 0 Å². The Morgan fingerprint density at radius 1 is 0.835 bits per heavy atom. The van der Waals surface area contributed by atoms with Crippen LogP contribution in [0, 0.1) is 87.8 Å². The molecule has 468 valence electrons. The topological polar surface area (TPSA) is 180 Å². The van der Waals surface area contributed by atoms with E-state index in [9.17, 15) is 30.6 Å². The van der Waals surface area contributed by atoms with E-state index in [4.69, 9.17) is 4.74 Å². The van der Waals surface area contributed by atoms with Gasteiger partial charge in [-0.15, -0.1) is 5.92 Å². The molecule has 0 amide bonds. The smallest absolute Gasteiger partial charge is 0.160 e. The minimum Gasteiger partial charge on any atom is -0.504 e. The third kappa shape index (κ3) is 7.27. The molecule has 0 aromatic heterocycles. The van der Waals surface area contributed by atoms with Gasteiger partial charge in [-0.05, 0) is 179 Å². The summed E-state index contributed by atoms with van der Waals surface area (Å²) in [6, 6.07) is 21.6. The van der Waals surface area contributed by atoms with Crippen molar-refractivity contribution in [3.05, 3.63) is 163 Å². The third-order valence-electron chi connectivity index (χ3n) is 28.1. The van der Waals surface area contributed by atoms with Gasteiger partial charge in [0.05, 0.1) is 37.9 Å². The lowest BCUT2D eigenvalue weighted by molar-refractivity contribution is -0.188. The van der Waals surface area contributed by atoms with Crippen LogP contribution >= 0.6 is 21.6 Å². The van der Waals surface area contributed by atoms with Crippen LogP contribution < -0.4 is 10.1 Å². The predicted octanol–water partition coefficient (Wildman–Crippen LogP) is 11.7. The fourth-order valence-corrected chi connectivity index (χ4v) is 27.5. The van der Waals surface area contributed by atoms with Gasteiger partial charge in [0.15, 0.2) is 23.0 Å². The number of allylic oxidation sites excluding steroid dienone is 5. The van der Waals surface area contributed by atoms with Crippen molar-refractivity contribution in [2.45, 2.75) is 174 Å². The van der Waals surface area contributed by atoms with Crippen molar-refractivity contribution in [2.75, 3.05) is 18.6 Å². The summed E-state index contributed by atoms with van der Waals surface area (Å²) in [4.78, 5) is 17.7. The largest absolute Gasteiger partial charge is 0.504 e. The fourth-order valence-electron chi connectivity index (χ4n) is 24.9. The molecule has 13 aliphatic carbocycles. The van der Waals surface area contributed by atoms with E-state index in [0.29, 0.717) is 42.7 Å². The normalized spacial score (nSPS) is 42.1. The maximum Gasteiger partial charge on any atom is 0.160 e. The molecule has 8 N–H and O–H groups in total. The van der Waals surface area contributed by atoms with Gasteiger partial charge in [0, 0.05) is 94.1 Å². The highest BCUT2D eigenvalue weighted by Gasteiger charge is 2.79. The summed E-state index contributed by atoms with van der Waals surface area (Å²) >= 11 is 0. The lowest BCUT2D eigenvalue weighted by Gasteiger charge is -2.78. The average molecular weight is 1250 g/mol. The molecule has 19 rings (SSSR count).